The molecule has 1 amide bonds. The van der Waals surface area contributed by atoms with E-state index in [2.05, 4.69) is 11.9 Å². The van der Waals surface area contributed by atoms with Crippen LogP contribution in [0.5, 0.6) is 0 Å². The van der Waals surface area contributed by atoms with E-state index in [0.717, 1.165) is 12.8 Å². The second-order valence-corrected chi connectivity index (χ2v) is 1.93. The molecular formula is C7H13NO2. The van der Waals surface area contributed by atoms with E-state index in [1.54, 1.807) is 0 Å². The molecule has 0 aromatic carbocycles. The molecule has 0 unspecified atom stereocenters. The average Bonchev–Trinajstić information content (AvgIpc) is 1.98. The fraction of sp³-hybridized carbons (Fsp3) is 0.571. The Bertz CT molecular complexity index is 112. The van der Waals surface area contributed by atoms with Gasteiger partial charge >= 0.3 is 0 Å². The highest BCUT2D eigenvalue weighted by Gasteiger charge is 1.90. The third-order valence-corrected chi connectivity index (χ3v) is 1.07. The minimum absolute atomic E-state index is 0.155. The lowest BCUT2D eigenvalue weighted by Crippen LogP contribution is -2.21. The van der Waals surface area contributed by atoms with Gasteiger partial charge < -0.3 is 10.4 Å². The Kier molecular flexibility index (Phi) is 5.77. The minimum atomic E-state index is -0.155. The number of rotatable bonds is 5. The summed E-state index contributed by atoms with van der Waals surface area (Å²) >= 11 is 0. The molecule has 0 spiro atoms. The monoisotopic (exact) mass is 143 g/mol. The molecule has 0 atom stereocenters. The number of amides is 1. The van der Waals surface area contributed by atoms with E-state index in [9.17, 15) is 4.79 Å². The highest BCUT2D eigenvalue weighted by atomic mass is 16.2. The van der Waals surface area contributed by atoms with Gasteiger partial charge in [-0.15, -0.1) is 0 Å². The van der Waals surface area contributed by atoms with Crippen LogP contribution in [0.1, 0.15) is 12.8 Å². The number of nitrogens with one attached hydrogen (secondary N) is 1. The Labute approximate surface area is 60.7 Å². The van der Waals surface area contributed by atoms with Gasteiger partial charge in [-0.25, -0.2) is 0 Å². The van der Waals surface area contributed by atoms with E-state index >= 15 is 0 Å². The molecule has 0 rings (SSSR count). The van der Waals surface area contributed by atoms with E-state index in [0.29, 0.717) is 6.54 Å². The molecule has 0 aliphatic carbocycles. The van der Waals surface area contributed by atoms with E-state index in [-0.39, 0.29) is 12.5 Å². The van der Waals surface area contributed by atoms with Gasteiger partial charge in [-0.2, -0.15) is 0 Å². The quantitative estimate of drug-likeness (QED) is 0.422. The van der Waals surface area contributed by atoms with E-state index in [4.69, 9.17) is 5.11 Å². The summed E-state index contributed by atoms with van der Waals surface area (Å²) in [5, 5.41) is 11.0. The fourth-order valence-electron chi connectivity index (χ4n) is 0.521. The van der Waals surface area contributed by atoms with Gasteiger partial charge in [0, 0.05) is 13.2 Å². The van der Waals surface area contributed by atoms with Crippen LogP contribution >= 0.6 is 0 Å². The lowest BCUT2D eigenvalue weighted by atomic mass is 10.3. The summed E-state index contributed by atoms with van der Waals surface area (Å²) in [5.41, 5.74) is 0. The zero-order valence-electron chi connectivity index (χ0n) is 5.97. The van der Waals surface area contributed by atoms with Crippen LogP contribution in [0.15, 0.2) is 12.7 Å². The van der Waals surface area contributed by atoms with E-state index in [1.165, 1.54) is 6.08 Å². The predicted molar refractivity (Wildman–Crippen MR) is 39.5 cm³/mol. The number of hydrogen-bond acceptors (Lipinski definition) is 2. The summed E-state index contributed by atoms with van der Waals surface area (Å²) in [6.07, 6.45) is 2.78. The van der Waals surface area contributed by atoms with Crippen molar-refractivity contribution in [3.8, 4) is 0 Å². The summed E-state index contributed by atoms with van der Waals surface area (Å²) < 4.78 is 0. The van der Waals surface area contributed by atoms with Crippen LogP contribution in [0.4, 0.5) is 0 Å². The Hall–Kier alpha value is -0.830. The molecular weight excluding hydrogens is 130 g/mol. The maximum Gasteiger partial charge on any atom is 0.243 e. The van der Waals surface area contributed by atoms with Crippen molar-refractivity contribution < 1.29 is 9.90 Å². The maximum atomic E-state index is 10.5. The molecule has 0 saturated carbocycles. The summed E-state index contributed by atoms with van der Waals surface area (Å²) in [6.45, 7) is 4.10. The Morgan fingerprint density at radius 3 is 2.80 bits per heavy atom. The highest BCUT2D eigenvalue weighted by Crippen LogP contribution is 1.83. The number of aliphatic hydroxyl groups is 1. The first-order chi connectivity index (χ1) is 4.81. The average molecular weight is 143 g/mol. The third kappa shape index (κ3) is 5.31. The van der Waals surface area contributed by atoms with Crippen LogP contribution in [0, 0.1) is 0 Å². The van der Waals surface area contributed by atoms with Crippen LogP contribution in [-0.4, -0.2) is 24.2 Å². The number of unbranched alkanes of at least 4 members (excludes halogenated alkanes) is 1. The molecule has 3 nitrogen and oxygen atoms in total. The van der Waals surface area contributed by atoms with Crippen LogP contribution in [0.25, 0.3) is 0 Å². The molecule has 10 heavy (non-hydrogen) atoms. The zero-order chi connectivity index (χ0) is 7.82. The van der Waals surface area contributed by atoms with Gasteiger partial charge in [0.2, 0.25) is 5.91 Å². The molecule has 0 aromatic rings. The topological polar surface area (TPSA) is 49.3 Å². The molecule has 0 aromatic heterocycles. The van der Waals surface area contributed by atoms with Gasteiger partial charge in [-0.3, -0.25) is 4.79 Å². The Morgan fingerprint density at radius 2 is 2.30 bits per heavy atom. The number of aliphatic hydroxyl groups excluding tert-OH is 1. The molecule has 0 heterocycles. The standard InChI is InChI=1S/C7H13NO2/c1-2-7(10)8-5-3-4-6-9/h2,9H,1,3-6H2,(H,8,10). The third-order valence-electron chi connectivity index (χ3n) is 1.07. The smallest absolute Gasteiger partial charge is 0.243 e. The SMILES string of the molecule is C=CC(=O)NCCCCO. The minimum Gasteiger partial charge on any atom is -0.396 e. The summed E-state index contributed by atoms with van der Waals surface area (Å²) in [4.78, 5) is 10.5. The molecule has 3 heteroatoms. The summed E-state index contributed by atoms with van der Waals surface area (Å²) in [7, 11) is 0. The highest BCUT2D eigenvalue weighted by molar-refractivity contribution is 5.86. The molecule has 0 radical (unpaired) electrons. The lowest BCUT2D eigenvalue weighted by molar-refractivity contribution is -0.116. The van der Waals surface area contributed by atoms with Crippen molar-refractivity contribution in [3.63, 3.8) is 0 Å². The summed E-state index contributed by atoms with van der Waals surface area (Å²) in [5.74, 6) is -0.155. The zero-order valence-corrected chi connectivity index (χ0v) is 5.97. The molecule has 2 N–H and O–H groups in total. The van der Waals surface area contributed by atoms with Crippen molar-refractivity contribution >= 4 is 5.91 Å². The summed E-state index contributed by atoms with van der Waals surface area (Å²) in [6, 6.07) is 0. The van der Waals surface area contributed by atoms with Crippen molar-refractivity contribution in [3.05, 3.63) is 12.7 Å². The normalized spacial score (nSPS) is 8.90. The predicted octanol–water partition coefficient (Wildman–Crippen LogP) is 0.0611. The van der Waals surface area contributed by atoms with Crippen molar-refractivity contribution in [1.82, 2.24) is 5.32 Å². The first-order valence-electron chi connectivity index (χ1n) is 3.32. The molecule has 0 saturated heterocycles. The Balaban J connectivity index is 3.03. The first-order valence-corrected chi connectivity index (χ1v) is 3.32. The van der Waals surface area contributed by atoms with E-state index < -0.39 is 0 Å². The maximum absolute atomic E-state index is 10.5. The van der Waals surface area contributed by atoms with Gasteiger partial charge in [0.15, 0.2) is 0 Å². The molecule has 0 aliphatic rings. The van der Waals surface area contributed by atoms with Gasteiger partial charge in [0.1, 0.15) is 0 Å². The van der Waals surface area contributed by atoms with E-state index in [1.807, 2.05) is 0 Å². The molecule has 0 bridgehead atoms. The van der Waals surface area contributed by atoms with Crippen LogP contribution in [-0.2, 0) is 4.79 Å². The van der Waals surface area contributed by atoms with Gasteiger partial charge in [0.05, 0.1) is 0 Å². The van der Waals surface area contributed by atoms with Gasteiger partial charge in [0.25, 0.3) is 0 Å². The Morgan fingerprint density at radius 1 is 1.60 bits per heavy atom. The van der Waals surface area contributed by atoms with Crippen LogP contribution < -0.4 is 5.32 Å². The fourth-order valence-corrected chi connectivity index (χ4v) is 0.521. The van der Waals surface area contributed by atoms with Crippen molar-refractivity contribution in [1.29, 1.82) is 0 Å². The van der Waals surface area contributed by atoms with Crippen LogP contribution in [0.3, 0.4) is 0 Å². The van der Waals surface area contributed by atoms with Crippen LogP contribution in [0.2, 0.25) is 0 Å². The largest absolute Gasteiger partial charge is 0.396 e. The molecule has 0 fully saturated rings. The number of carbonyl (C=O) groups excluding carboxylic acids is 1. The number of hydrogen-bond donors (Lipinski definition) is 2. The van der Waals surface area contributed by atoms with Gasteiger partial charge in [-0.1, -0.05) is 6.58 Å². The second-order valence-electron chi connectivity index (χ2n) is 1.93. The van der Waals surface area contributed by atoms with Crippen molar-refractivity contribution in [2.45, 2.75) is 12.8 Å². The second kappa shape index (κ2) is 6.29. The first kappa shape index (κ1) is 9.17. The van der Waals surface area contributed by atoms with Crippen molar-refractivity contribution in [2.24, 2.45) is 0 Å². The van der Waals surface area contributed by atoms with Gasteiger partial charge in [-0.05, 0) is 18.9 Å². The molecule has 58 valence electrons. The van der Waals surface area contributed by atoms with Crippen molar-refractivity contribution in [2.75, 3.05) is 13.2 Å². The molecule has 0 aliphatic heterocycles. The number of carbonyl (C=O) groups is 1. The lowest BCUT2D eigenvalue weighted by Gasteiger charge is -1.98.